The van der Waals surface area contributed by atoms with Crippen LogP contribution in [0.5, 0.6) is 5.75 Å². The van der Waals surface area contributed by atoms with Crippen molar-refractivity contribution in [3.05, 3.63) is 41.5 Å². The largest absolute Gasteiger partial charge is 0.507 e. The Hall–Kier alpha value is -2.63. The minimum absolute atomic E-state index is 0.0736. The van der Waals surface area contributed by atoms with Crippen LogP contribution in [0.25, 0.3) is 0 Å². The zero-order valence-corrected chi connectivity index (χ0v) is 17.3. The molecule has 1 aromatic carbocycles. The van der Waals surface area contributed by atoms with Gasteiger partial charge in [0.15, 0.2) is 6.29 Å². The summed E-state index contributed by atoms with van der Waals surface area (Å²) in [7, 11) is 0. The highest BCUT2D eigenvalue weighted by atomic mass is 16.5. The Bertz CT molecular complexity index is 784. The summed E-state index contributed by atoms with van der Waals surface area (Å²) in [6, 6.07) is 4.53. The van der Waals surface area contributed by atoms with Gasteiger partial charge in [-0.2, -0.15) is 0 Å². The van der Waals surface area contributed by atoms with Crippen LogP contribution in [-0.4, -0.2) is 29.9 Å². The number of hydrogen-bond acceptors (Lipinski definition) is 6. The molecule has 6 heteroatoms. The number of carbonyl (C=O) groups excluding carboxylic acids is 3. The number of rotatable bonds is 12. The Morgan fingerprint density at radius 2 is 1.73 bits per heavy atom. The normalized spacial score (nSPS) is 21.5. The third-order valence-corrected chi connectivity index (χ3v) is 6.01. The number of ether oxygens (including phenoxy) is 2. The fourth-order valence-electron chi connectivity index (χ4n) is 4.27. The summed E-state index contributed by atoms with van der Waals surface area (Å²) >= 11 is 0. The predicted molar refractivity (Wildman–Crippen MR) is 111 cm³/mol. The number of aromatic hydroxyl groups is 1. The van der Waals surface area contributed by atoms with Crippen LogP contribution in [0.4, 0.5) is 0 Å². The number of aldehydes is 1. The third-order valence-electron chi connectivity index (χ3n) is 6.01. The molecule has 30 heavy (non-hydrogen) atoms. The molecular formula is C24H30O6. The number of phenolic OH excluding ortho intramolecular Hbond substituents is 1. The third kappa shape index (κ3) is 6.44. The molecule has 0 aliphatic heterocycles. The van der Waals surface area contributed by atoms with Gasteiger partial charge in [-0.25, -0.2) is 0 Å². The SMILES string of the molecule is O=Cc1cc(COC(=O)CCCCCCC(=O)OCC2CC3C=CC2C3)ccc1O. The Morgan fingerprint density at radius 3 is 2.37 bits per heavy atom. The maximum absolute atomic E-state index is 11.9. The van der Waals surface area contributed by atoms with Gasteiger partial charge in [0.1, 0.15) is 12.4 Å². The van der Waals surface area contributed by atoms with Crippen molar-refractivity contribution in [1.29, 1.82) is 0 Å². The second kappa shape index (κ2) is 11.0. The molecule has 0 saturated heterocycles. The molecular weight excluding hydrogens is 384 g/mol. The van der Waals surface area contributed by atoms with Crippen LogP contribution in [0.1, 0.15) is 67.3 Å². The monoisotopic (exact) mass is 414 g/mol. The molecule has 3 rings (SSSR count). The van der Waals surface area contributed by atoms with E-state index in [-0.39, 0.29) is 29.9 Å². The molecule has 6 nitrogen and oxygen atoms in total. The molecule has 3 unspecified atom stereocenters. The summed E-state index contributed by atoms with van der Waals surface area (Å²) in [6.07, 6.45) is 11.4. The van der Waals surface area contributed by atoms with Gasteiger partial charge in [0.05, 0.1) is 12.2 Å². The molecule has 0 spiro atoms. The van der Waals surface area contributed by atoms with E-state index in [9.17, 15) is 19.5 Å². The van der Waals surface area contributed by atoms with E-state index >= 15 is 0 Å². The van der Waals surface area contributed by atoms with Crippen LogP contribution in [-0.2, 0) is 25.7 Å². The Morgan fingerprint density at radius 1 is 1.00 bits per heavy atom. The fraction of sp³-hybridized carbons (Fsp3) is 0.542. The lowest BCUT2D eigenvalue weighted by Crippen LogP contribution is -2.17. The topological polar surface area (TPSA) is 89.9 Å². The lowest BCUT2D eigenvalue weighted by atomic mass is 9.95. The second-order valence-electron chi connectivity index (χ2n) is 8.31. The van der Waals surface area contributed by atoms with Gasteiger partial charge in [0.2, 0.25) is 0 Å². The molecule has 2 bridgehead atoms. The van der Waals surface area contributed by atoms with E-state index in [2.05, 4.69) is 12.2 Å². The fourth-order valence-corrected chi connectivity index (χ4v) is 4.27. The Kier molecular flexibility index (Phi) is 8.05. The van der Waals surface area contributed by atoms with Crippen molar-refractivity contribution in [2.24, 2.45) is 17.8 Å². The predicted octanol–water partition coefficient (Wildman–Crippen LogP) is 4.34. The van der Waals surface area contributed by atoms with Crippen molar-refractivity contribution in [2.45, 2.75) is 58.0 Å². The number of hydrogen-bond donors (Lipinski definition) is 1. The summed E-state index contributed by atoms with van der Waals surface area (Å²) in [5.41, 5.74) is 0.831. The van der Waals surface area contributed by atoms with Crippen LogP contribution < -0.4 is 0 Å². The first kappa shape index (κ1) is 22.1. The summed E-state index contributed by atoms with van der Waals surface area (Å²) in [6.45, 7) is 0.621. The number of benzene rings is 1. The molecule has 0 amide bonds. The summed E-state index contributed by atoms with van der Waals surface area (Å²) in [5, 5.41) is 9.47. The maximum atomic E-state index is 11.9. The first-order valence-electron chi connectivity index (χ1n) is 10.8. The number of allylic oxidation sites excluding steroid dienone is 2. The molecule has 0 radical (unpaired) electrons. The number of esters is 2. The Balaban J connectivity index is 1.19. The minimum atomic E-state index is -0.296. The lowest BCUT2D eigenvalue weighted by Gasteiger charge is -2.17. The first-order valence-corrected chi connectivity index (χ1v) is 10.8. The van der Waals surface area contributed by atoms with E-state index in [1.807, 2.05) is 0 Å². The first-order chi connectivity index (χ1) is 14.5. The van der Waals surface area contributed by atoms with Crippen molar-refractivity contribution < 1.29 is 29.0 Å². The Labute approximate surface area is 177 Å². The number of unbranched alkanes of at least 4 members (excludes halogenated alkanes) is 3. The van der Waals surface area contributed by atoms with Gasteiger partial charge in [0.25, 0.3) is 0 Å². The minimum Gasteiger partial charge on any atom is -0.507 e. The lowest BCUT2D eigenvalue weighted by molar-refractivity contribution is -0.146. The molecule has 2 aliphatic carbocycles. The van der Waals surface area contributed by atoms with Crippen LogP contribution in [0, 0.1) is 17.8 Å². The van der Waals surface area contributed by atoms with Gasteiger partial charge < -0.3 is 14.6 Å². The molecule has 1 N–H and O–H groups in total. The molecule has 162 valence electrons. The number of phenols is 1. The number of carbonyl (C=O) groups is 3. The molecule has 1 fully saturated rings. The maximum Gasteiger partial charge on any atom is 0.306 e. The van der Waals surface area contributed by atoms with Crippen molar-refractivity contribution in [1.82, 2.24) is 0 Å². The summed E-state index contributed by atoms with van der Waals surface area (Å²) in [5.74, 6) is 1.29. The molecule has 0 heterocycles. The molecule has 3 atom stereocenters. The van der Waals surface area contributed by atoms with Crippen LogP contribution >= 0.6 is 0 Å². The van der Waals surface area contributed by atoms with Crippen molar-refractivity contribution >= 4 is 18.2 Å². The second-order valence-corrected chi connectivity index (χ2v) is 8.31. The van der Waals surface area contributed by atoms with Crippen LogP contribution in [0.2, 0.25) is 0 Å². The van der Waals surface area contributed by atoms with E-state index in [1.54, 1.807) is 6.07 Å². The zero-order valence-electron chi connectivity index (χ0n) is 17.3. The van der Waals surface area contributed by atoms with E-state index in [0.717, 1.165) is 25.7 Å². The standard InChI is InChI=1S/C24H30O6/c25-14-20-13-18(8-10-22(20)26)15-29-23(27)5-3-1-2-4-6-24(28)30-16-21-12-17-7-9-19(21)11-17/h7-10,13-14,17,19,21,26H,1-6,11-12,15-16H2. The highest BCUT2D eigenvalue weighted by Gasteiger charge is 2.36. The van der Waals surface area contributed by atoms with E-state index in [0.29, 0.717) is 55.5 Å². The van der Waals surface area contributed by atoms with Crippen molar-refractivity contribution in [3.63, 3.8) is 0 Å². The average molecular weight is 414 g/mol. The molecule has 2 aliphatic rings. The van der Waals surface area contributed by atoms with Crippen molar-refractivity contribution in [2.75, 3.05) is 6.61 Å². The van der Waals surface area contributed by atoms with Gasteiger partial charge >= 0.3 is 11.9 Å². The van der Waals surface area contributed by atoms with Gasteiger partial charge in [-0.1, -0.05) is 31.1 Å². The smallest absolute Gasteiger partial charge is 0.306 e. The highest BCUT2D eigenvalue weighted by Crippen LogP contribution is 2.43. The van der Waals surface area contributed by atoms with Gasteiger partial charge in [-0.3, -0.25) is 14.4 Å². The number of fused-ring (bicyclic) bond motifs is 2. The van der Waals surface area contributed by atoms with E-state index < -0.39 is 0 Å². The van der Waals surface area contributed by atoms with Gasteiger partial charge in [0, 0.05) is 12.8 Å². The summed E-state index contributed by atoms with van der Waals surface area (Å²) < 4.78 is 10.6. The highest BCUT2D eigenvalue weighted by molar-refractivity contribution is 5.79. The van der Waals surface area contributed by atoms with Crippen LogP contribution in [0.15, 0.2) is 30.4 Å². The van der Waals surface area contributed by atoms with Gasteiger partial charge in [-0.05, 0) is 61.1 Å². The molecule has 0 aromatic heterocycles. The quantitative estimate of drug-likeness (QED) is 0.237. The molecule has 1 saturated carbocycles. The zero-order chi connectivity index (χ0) is 21.3. The van der Waals surface area contributed by atoms with Gasteiger partial charge in [-0.15, -0.1) is 0 Å². The summed E-state index contributed by atoms with van der Waals surface area (Å²) in [4.78, 5) is 34.5. The van der Waals surface area contributed by atoms with Crippen LogP contribution in [0.3, 0.4) is 0 Å². The molecule has 1 aromatic rings. The van der Waals surface area contributed by atoms with E-state index in [4.69, 9.17) is 9.47 Å². The van der Waals surface area contributed by atoms with Crippen molar-refractivity contribution in [3.8, 4) is 5.75 Å². The average Bonchev–Trinajstić information content (AvgIpc) is 3.37. The van der Waals surface area contributed by atoms with E-state index in [1.165, 1.54) is 18.6 Å².